The van der Waals surface area contributed by atoms with Crippen molar-refractivity contribution >= 4 is 17.3 Å². The zero-order chi connectivity index (χ0) is 17.9. The summed E-state index contributed by atoms with van der Waals surface area (Å²) in [7, 11) is 0. The lowest BCUT2D eigenvalue weighted by Crippen LogP contribution is -2.30. The Labute approximate surface area is 153 Å². The second-order valence-corrected chi connectivity index (χ2v) is 6.66. The molecular weight excluding hydrogens is 322 g/mol. The molecule has 0 fully saturated rings. The smallest absolute Gasteiger partial charge is 0.274 e. The molecular formula is C22H21N3O. The molecule has 0 saturated carbocycles. The van der Waals surface area contributed by atoms with Gasteiger partial charge in [-0.3, -0.25) is 9.78 Å². The normalized spacial score (nSPS) is 13.2. The van der Waals surface area contributed by atoms with Gasteiger partial charge in [0.2, 0.25) is 0 Å². The third-order valence-electron chi connectivity index (χ3n) is 4.78. The first-order chi connectivity index (χ1) is 12.7. The van der Waals surface area contributed by atoms with Crippen molar-refractivity contribution in [1.82, 2.24) is 4.98 Å². The van der Waals surface area contributed by atoms with Crippen molar-refractivity contribution in [2.45, 2.75) is 19.9 Å². The topological polar surface area (TPSA) is 45.2 Å². The van der Waals surface area contributed by atoms with Crippen LogP contribution in [0.5, 0.6) is 0 Å². The summed E-state index contributed by atoms with van der Waals surface area (Å²) in [6.45, 7) is 3.83. The van der Waals surface area contributed by atoms with Gasteiger partial charge in [-0.1, -0.05) is 42.0 Å². The fourth-order valence-corrected chi connectivity index (χ4v) is 3.29. The lowest BCUT2D eigenvalue weighted by atomic mass is 9.99. The average Bonchev–Trinajstić information content (AvgIpc) is 2.69. The SMILES string of the molecule is Cc1ccc(NC(=O)c2cc(N3CCc4ccccc4C3)ccn2)cc1. The van der Waals surface area contributed by atoms with Crippen molar-refractivity contribution in [3.05, 3.63) is 89.2 Å². The molecule has 4 rings (SSSR count). The van der Waals surface area contributed by atoms with Crippen molar-refractivity contribution in [2.75, 3.05) is 16.8 Å². The predicted octanol–water partition coefficient (Wildman–Crippen LogP) is 4.21. The first kappa shape index (κ1) is 16.3. The number of carbonyl (C=O) groups is 1. The van der Waals surface area contributed by atoms with Gasteiger partial charge in [-0.25, -0.2) is 0 Å². The van der Waals surface area contributed by atoms with Gasteiger partial charge >= 0.3 is 0 Å². The molecule has 1 N–H and O–H groups in total. The molecule has 4 nitrogen and oxygen atoms in total. The van der Waals surface area contributed by atoms with Crippen LogP contribution in [-0.2, 0) is 13.0 Å². The third-order valence-corrected chi connectivity index (χ3v) is 4.78. The molecule has 0 unspecified atom stereocenters. The number of hydrogen-bond donors (Lipinski definition) is 1. The summed E-state index contributed by atoms with van der Waals surface area (Å²) in [6, 6.07) is 20.1. The zero-order valence-corrected chi connectivity index (χ0v) is 14.8. The van der Waals surface area contributed by atoms with Crippen molar-refractivity contribution in [1.29, 1.82) is 0 Å². The largest absolute Gasteiger partial charge is 0.367 e. The number of benzene rings is 2. The molecule has 0 radical (unpaired) electrons. The molecule has 0 saturated heterocycles. The number of nitrogens with zero attached hydrogens (tertiary/aromatic N) is 2. The Bertz CT molecular complexity index is 934. The maximum absolute atomic E-state index is 12.5. The van der Waals surface area contributed by atoms with Crippen molar-refractivity contribution in [3.63, 3.8) is 0 Å². The number of rotatable bonds is 3. The molecule has 3 aromatic rings. The molecule has 4 heteroatoms. The minimum absolute atomic E-state index is 0.187. The summed E-state index contributed by atoms with van der Waals surface area (Å²) in [6.07, 6.45) is 2.73. The second-order valence-electron chi connectivity index (χ2n) is 6.66. The number of carbonyl (C=O) groups excluding carboxylic acids is 1. The van der Waals surface area contributed by atoms with Crippen LogP contribution < -0.4 is 10.2 Å². The lowest BCUT2D eigenvalue weighted by Gasteiger charge is -2.30. The van der Waals surface area contributed by atoms with Crippen LogP contribution in [0.4, 0.5) is 11.4 Å². The second kappa shape index (κ2) is 7.00. The van der Waals surface area contributed by atoms with Crippen LogP contribution in [0.3, 0.4) is 0 Å². The molecule has 1 aliphatic rings. The van der Waals surface area contributed by atoms with E-state index in [0.29, 0.717) is 5.69 Å². The number of pyridine rings is 1. The predicted molar refractivity (Wildman–Crippen MR) is 105 cm³/mol. The van der Waals surface area contributed by atoms with E-state index in [1.54, 1.807) is 6.20 Å². The molecule has 1 aromatic heterocycles. The molecule has 26 heavy (non-hydrogen) atoms. The summed E-state index contributed by atoms with van der Waals surface area (Å²) in [5.41, 5.74) is 6.16. The molecule has 2 heterocycles. The van der Waals surface area contributed by atoms with Gasteiger partial charge in [0.05, 0.1) is 0 Å². The number of aryl methyl sites for hydroxylation is 1. The molecule has 0 bridgehead atoms. The van der Waals surface area contributed by atoms with E-state index in [-0.39, 0.29) is 5.91 Å². The Balaban J connectivity index is 1.51. The average molecular weight is 343 g/mol. The van der Waals surface area contributed by atoms with Crippen LogP contribution in [0, 0.1) is 6.92 Å². The molecule has 0 spiro atoms. The van der Waals surface area contributed by atoms with E-state index in [2.05, 4.69) is 39.5 Å². The Hall–Kier alpha value is -3.14. The number of aromatic nitrogens is 1. The summed E-state index contributed by atoms with van der Waals surface area (Å²) in [5.74, 6) is -0.187. The highest BCUT2D eigenvalue weighted by Crippen LogP contribution is 2.24. The number of fused-ring (bicyclic) bond motifs is 1. The molecule has 0 aliphatic carbocycles. The lowest BCUT2D eigenvalue weighted by molar-refractivity contribution is 0.102. The van der Waals surface area contributed by atoms with Gasteiger partial charge in [-0.2, -0.15) is 0 Å². The van der Waals surface area contributed by atoms with Gasteiger partial charge in [0.1, 0.15) is 5.69 Å². The van der Waals surface area contributed by atoms with E-state index in [1.165, 1.54) is 11.1 Å². The zero-order valence-electron chi connectivity index (χ0n) is 14.8. The molecule has 2 aromatic carbocycles. The Kier molecular flexibility index (Phi) is 4.40. The van der Waals surface area contributed by atoms with E-state index in [9.17, 15) is 4.79 Å². The molecule has 130 valence electrons. The quantitative estimate of drug-likeness (QED) is 0.775. The van der Waals surface area contributed by atoms with Crippen molar-refractivity contribution in [2.24, 2.45) is 0 Å². The van der Waals surface area contributed by atoms with Gasteiger partial charge in [0.15, 0.2) is 0 Å². The van der Waals surface area contributed by atoms with Crippen LogP contribution >= 0.6 is 0 Å². The fourth-order valence-electron chi connectivity index (χ4n) is 3.29. The first-order valence-corrected chi connectivity index (χ1v) is 8.85. The van der Waals surface area contributed by atoms with Gasteiger partial charge < -0.3 is 10.2 Å². The number of amides is 1. The first-order valence-electron chi connectivity index (χ1n) is 8.85. The van der Waals surface area contributed by atoms with Crippen molar-refractivity contribution in [3.8, 4) is 0 Å². The van der Waals surface area contributed by atoms with E-state index >= 15 is 0 Å². The Morgan fingerprint density at radius 3 is 2.62 bits per heavy atom. The van der Waals surface area contributed by atoms with E-state index in [0.717, 1.165) is 36.4 Å². The standard InChI is InChI=1S/C22H21N3O/c1-16-6-8-19(9-7-16)24-22(26)21-14-20(10-12-23-21)25-13-11-17-4-2-3-5-18(17)15-25/h2-10,12,14H,11,13,15H2,1H3,(H,24,26). The summed E-state index contributed by atoms with van der Waals surface area (Å²) >= 11 is 0. The minimum Gasteiger partial charge on any atom is -0.367 e. The van der Waals surface area contributed by atoms with Gasteiger partial charge in [0.25, 0.3) is 5.91 Å². The van der Waals surface area contributed by atoms with Gasteiger partial charge in [-0.15, -0.1) is 0 Å². The van der Waals surface area contributed by atoms with Gasteiger partial charge in [-0.05, 0) is 48.7 Å². The summed E-state index contributed by atoms with van der Waals surface area (Å²) in [5, 5.41) is 2.91. The molecule has 1 aliphatic heterocycles. The summed E-state index contributed by atoms with van der Waals surface area (Å²) in [4.78, 5) is 19.1. The monoisotopic (exact) mass is 343 g/mol. The Morgan fingerprint density at radius 1 is 1.04 bits per heavy atom. The minimum atomic E-state index is -0.187. The summed E-state index contributed by atoms with van der Waals surface area (Å²) < 4.78 is 0. The maximum Gasteiger partial charge on any atom is 0.274 e. The van der Waals surface area contributed by atoms with E-state index in [1.807, 2.05) is 43.3 Å². The van der Waals surface area contributed by atoms with Crippen LogP contribution in [0.2, 0.25) is 0 Å². The van der Waals surface area contributed by atoms with Crippen LogP contribution in [0.1, 0.15) is 27.2 Å². The number of anilines is 2. The van der Waals surface area contributed by atoms with E-state index < -0.39 is 0 Å². The van der Waals surface area contributed by atoms with Crippen LogP contribution in [0.25, 0.3) is 0 Å². The molecule has 1 amide bonds. The number of nitrogens with one attached hydrogen (secondary N) is 1. The van der Waals surface area contributed by atoms with Crippen molar-refractivity contribution < 1.29 is 4.79 Å². The maximum atomic E-state index is 12.5. The number of hydrogen-bond acceptors (Lipinski definition) is 3. The molecule has 0 atom stereocenters. The van der Waals surface area contributed by atoms with Crippen LogP contribution in [0.15, 0.2) is 66.9 Å². The van der Waals surface area contributed by atoms with Gasteiger partial charge in [0, 0.05) is 30.7 Å². The highest BCUT2D eigenvalue weighted by molar-refractivity contribution is 6.03. The third kappa shape index (κ3) is 3.45. The van der Waals surface area contributed by atoms with E-state index in [4.69, 9.17) is 0 Å². The highest BCUT2D eigenvalue weighted by atomic mass is 16.1. The van der Waals surface area contributed by atoms with Crippen LogP contribution in [-0.4, -0.2) is 17.4 Å². The highest BCUT2D eigenvalue weighted by Gasteiger charge is 2.17. The fraction of sp³-hybridized carbons (Fsp3) is 0.182. The Morgan fingerprint density at radius 2 is 1.81 bits per heavy atom.